The number of ether oxygens (including phenoxy) is 1. The lowest BCUT2D eigenvalue weighted by Gasteiger charge is -2.10. The Bertz CT molecular complexity index is 639. The summed E-state index contributed by atoms with van der Waals surface area (Å²) in [4.78, 5) is 8.84. The second-order valence-electron chi connectivity index (χ2n) is 5.32. The number of methoxy groups -OCH3 is 1. The van der Waals surface area contributed by atoms with E-state index in [1.54, 1.807) is 18.4 Å². The number of aromatic nitrogens is 1. The van der Waals surface area contributed by atoms with Crippen LogP contribution in [0.3, 0.4) is 0 Å². The number of hydrogen-bond donors (Lipinski definition) is 2. The highest BCUT2D eigenvalue weighted by molar-refractivity contribution is 7.09. The molecule has 1 heterocycles. The van der Waals surface area contributed by atoms with Gasteiger partial charge in [0.15, 0.2) is 5.96 Å². The minimum atomic E-state index is 0.443. The molecule has 0 fully saturated rings. The molecule has 0 aliphatic heterocycles. The number of unbranched alkanes of at least 4 members (excludes halogenated alkanes) is 1. The highest BCUT2D eigenvalue weighted by Crippen LogP contribution is 2.15. The van der Waals surface area contributed by atoms with Crippen molar-refractivity contribution in [3.8, 4) is 0 Å². The van der Waals surface area contributed by atoms with E-state index < -0.39 is 0 Å². The predicted molar refractivity (Wildman–Crippen MR) is 97.1 cm³/mol. The monoisotopic (exact) mass is 332 g/mol. The molecule has 1 aromatic carbocycles. The van der Waals surface area contributed by atoms with Crippen molar-refractivity contribution in [1.29, 1.82) is 0 Å². The van der Waals surface area contributed by atoms with Crippen molar-refractivity contribution in [2.24, 2.45) is 10.7 Å². The van der Waals surface area contributed by atoms with Crippen molar-refractivity contribution >= 4 is 23.0 Å². The molecule has 0 atom stereocenters. The maximum absolute atomic E-state index is 5.96. The second-order valence-corrected chi connectivity index (χ2v) is 6.26. The van der Waals surface area contributed by atoms with Crippen molar-refractivity contribution in [3.05, 3.63) is 45.9 Å². The summed E-state index contributed by atoms with van der Waals surface area (Å²) in [5.41, 5.74) is 9.06. The molecule has 0 saturated carbocycles. The largest absolute Gasteiger partial charge is 0.380 e. The fourth-order valence-electron chi connectivity index (χ4n) is 2.21. The molecule has 0 saturated heterocycles. The van der Waals surface area contributed by atoms with E-state index >= 15 is 0 Å². The van der Waals surface area contributed by atoms with Crippen LogP contribution in [0.1, 0.15) is 29.1 Å². The van der Waals surface area contributed by atoms with Gasteiger partial charge in [-0.1, -0.05) is 18.2 Å². The van der Waals surface area contributed by atoms with Crippen molar-refractivity contribution in [3.63, 3.8) is 0 Å². The van der Waals surface area contributed by atoms with Gasteiger partial charge in [0.2, 0.25) is 0 Å². The van der Waals surface area contributed by atoms with E-state index in [9.17, 15) is 0 Å². The Balaban J connectivity index is 1.75. The van der Waals surface area contributed by atoms with Gasteiger partial charge in [0, 0.05) is 36.0 Å². The van der Waals surface area contributed by atoms with Crippen molar-refractivity contribution in [1.82, 2.24) is 4.98 Å². The van der Waals surface area contributed by atoms with E-state index in [1.165, 1.54) is 5.01 Å². The summed E-state index contributed by atoms with van der Waals surface area (Å²) in [5, 5.41) is 6.43. The van der Waals surface area contributed by atoms with Gasteiger partial charge >= 0.3 is 0 Å². The molecule has 0 radical (unpaired) electrons. The summed E-state index contributed by atoms with van der Waals surface area (Å²) < 4.78 is 5.18. The van der Waals surface area contributed by atoms with Crippen LogP contribution in [0.4, 0.5) is 5.69 Å². The number of para-hydroxylation sites is 1. The smallest absolute Gasteiger partial charge is 0.193 e. The second kappa shape index (κ2) is 9.27. The van der Waals surface area contributed by atoms with Crippen LogP contribution in [0, 0.1) is 6.92 Å². The maximum atomic E-state index is 5.96. The summed E-state index contributed by atoms with van der Waals surface area (Å²) in [6.45, 7) is 3.29. The van der Waals surface area contributed by atoms with Crippen LogP contribution in [0.5, 0.6) is 0 Å². The van der Waals surface area contributed by atoms with Gasteiger partial charge in [0.1, 0.15) is 0 Å². The van der Waals surface area contributed by atoms with Crippen LogP contribution in [0.2, 0.25) is 0 Å². The van der Waals surface area contributed by atoms with Gasteiger partial charge in [0.05, 0.1) is 11.6 Å². The van der Waals surface area contributed by atoms with Crippen LogP contribution >= 0.6 is 11.3 Å². The molecule has 1 aromatic heterocycles. The molecule has 2 aromatic rings. The number of anilines is 1. The third-order valence-corrected chi connectivity index (χ3v) is 4.35. The van der Waals surface area contributed by atoms with E-state index in [0.29, 0.717) is 12.6 Å². The molecule has 0 unspecified atom stereocenters. The summed E-state index contributed by atoms with van der Waals surface area (Å²) in [5.74, 6) is 0.443. The number of nitrogens with zero attached hydrogens (tertiary/aromatic N) is 2. The fraction of sp³-hybridized carbons (Fsp3) is 0.412. The lowest BCUT2D eigenvalue weighted by atomic mass is 10.2. The molecule has 3 N–H and O–H groups in total. The zero-order chi connectivity index (χ0) is 16.5. The predicted octanol–water partition coefficient (Wildman–Crippen LogP) is 3.35. The van der Waals surface area contributed by atoms with Crippen LogP contribution < -0.4 is 11.1 Å². The van der Waals surface area contributed by atoms with E-state index in [2.05, 4.69) is 20.7 Å². The molecule has 124 valence electrons. The first-order valence-corrected chi connectivity index (χ1v) is 8.62. The minimum Gasteiger partial charge on any atom is -0.380 e. The van der Waals surface area contributed by atoms with E-state index in [4.69, 9.17) is 10.5 Å². The molecule has 5 nitrogen and oxygen atoms in total. The van der Waals surface area contributed by atoms with Gasteiger partial charge < -0.3 is 15.8 Å². The first-order chi connectivity index (χ1) is 11.2. The molecule has 0 amide bonds. The van der Waals surface area contributed by atoms with Gasteiger partial charge in [-0.25, -0.2) is 4.98 Å². The number of rotatable bonds is 8. The Kier molecular flexibility index (Phi) is 7.03. The minimum absolute atomic E-state index is 0.443. The number of benzene rings is 1. The topological polar surface area (TPSA) is 72.5 Å². The molecule has 23 heavy (non-hydrogen) atoms. The summed E-state index contributed by atoms with van der Waals surface area (Å²) >= 11 is 1.73. The van der Waals surface area contributed by atoms with E-state index in [-0.39, 0.29) is 0 Å². The maximum Gasteiger partial charge on any atom is 0.193 e. The first kappa shape index (κ1) is 17.4. The van der Waals surface area contributed by atoms with Gasteiger partial charge in [0.25, 0.3) is 0 Å². The van der Waals surface area contributed by atoms with E-state index in [1.807, 2.05) is 31.2 Å². The molecular weight excluding hydrogens is 308 g/mol. The lowest BCUT2D eigenvalue weighted by molar-refractivity contribution is 0.185. The number of aliphatic imine (C=N–C) groups is 1. The van der Waals surface area contributed by atoms with Crippen molar-refractivity contribution in [2.45, 2.75) is 32.8 Å². The standard InChI is InChI=1S/C17H24N4OS/c1-13-12-23-16(20-13)9-5-6-10-19-17(18)21-15-8-4-3-7-14(15)11-22-2/h3-4,7-8,12H,5-6,9-11H2,1-2H3,(H3,18,19,21). The normalized spacial score (nSPS) is 11.7. The fourth-order valence-corrected chi connectivity index (χ4v) is 3.02. The highest BCUT2D eigenvalue weighted by atomic mass is 32.1. The Labute approximate surface area is 141 Å². The lowest BCUT2D eigenvalue weighted by Crippen LogP contribution is -2.23. The Morgan fingerprint density at radius 3 is 2.91 bits per heavy atom. The van der Waals surface area contributed by atoms with Crippen molar-refractivity contribution < 1.29 is 4.74 Å². The number of nitrogens with two attached hydrogens (primary N) is 1. The highest BCUT2D eigenvalue weighted by Gasteiger charge is 2.02. The van der Waals surface area contributed by atoms with Gasteiger partial charge in [-0.05, 0) is 32.3 Å². The average molecular weight is 332 g/mol. The molecule has 0 bridgehead atoms. The molecular formula is C17H24N4OS. The summed E-state index contributed by atoms with van der Waals surface area (Å²) in [6.07, 6.45) is 3.09. The van der Waals surface area contributed by atoms with Gasteiger partial charge in [-0.2, -0.15) is 0 Å². The van der Waals surface area contributed by atoms with Crippen LogP contribution in [0.25, 0.3) is 0 Å². The Morgan fingerprint density at radius 1 is 1.35 bits per heavy atom. The van der Waals surface area contributed by atoms with Crippen LogP contribution in [-0.4, -0.2) is 24.6 Å². The molecule has 0 aliphatic carbocycles. The molecule has 0 aliphatic rings. The quantitative estimate of drug-likeness (QED) is 0.442. The van der Waals surface area contributed by atoms with Crippen LogP contribution in [0.15, 0.2) is 34.6 Å². The zero-order valence-electron chi connectivity index (χ0n) is 13.7. The zero-order valence-corrected chi connectivity index (χ0v) is 14.5. The summed E-state index contributed by atoms with van der Waals surface area (Å²) in [6, 6.07) is 7.93. The molecule has 0 spiro atoms. The molecule has 2 rings (SSSR count). The van der Waals surface area contributed by atoms with Crippen molar-refractivity contribution in [2.75, 3.05) is 19.0 Å². The number of thiazole rings is 1. The summed E-state index contributed by atoms with van der Waals surface area (Å²) in [7, 11) is 1.68. The van der Waals surface area contributed by atoms with Crippen LogP contribution in [-0.2, 0) is 17.8 Å². The Morgan fingerprint density at radius 2 is 2.17 bits per heavy atom. The Hall–Kier alpha value is -1.92. The first-order valence-electron chi connectivity index (χ1n) is 7.74. The van der Waals surface area contributed by atoms with Gasteiger partial charge in [-0.3, -0.25) is 4.99 Å². The molecule has 6 heteroatoms. The SMILES string of the molecule is COCc1ccccc1NC(N)=NCCCCc1nc(C)cs1. The van der Waals surface area contributed by atoms with E-state index in [0.717, 1.165) is 42.8 Å². The third-order valence-electron chi connectivity index (χ3n) is 3.33. The number of hydrogen-bond acceptors (Lipinski definition) is 4. The van der Waals surface area contributed by atoms with Gasteiger partial charge in [-0.15, -0.1) is 11.3 Å². The number of guanidine groups is 1. The number of aryl methyl sites for hydroxylation is 2. The number of nitrogens with one attached hydrogen (secondary N) is 1. The average Bonchev–Trinajstić information content (AvgIpc) is 2.95. The third kappa shape index (κ3) is 6.00.